The minimum atomic E-state index is -4.09. The predicted molar refractivity (Wildman–Crippen MR) is 74.6 cm³/mol. The van der Waals surface area contributed by atoms with Crippen LogP contribution in [0.3, 0.4) is 0 Å². The van der Waals surface area contributed by atoms with E-state index in [1.165, 1.54) is 19.1 Å². The predicted octanol–water partition coefficient (Wildman–Crippen LogP) is 2.80. The van der Waals surface area contributed by atoms with Crippen molar-refractivity contribution in [1.29, 1.82) is 0 Å². The molecule has 20 heavy (non-hydrogen) atoms. The third-order valence-corrected chi connectivity index (χ3v) is 3.82. The Bertz CT molecular complexity index is 839. The van der Waals surface area contributed by atoms with Crippen molar-refractivity contribution in [2.75, 3.05) is 5.32 Å². The first-order valence-corrected chi connectivity index (χ1v) is 7.00. The summed E-state index contributed by atoms with van der Waals surface area (Å²) in [6.07, 6.45) is 0. The maximum absolute atomic E-state index is 11.9. The van der Waals surface area contributed by atoms with Gasteiger partial charge in [0.1, 0.15) is 0 Å². The standard InChI is InChI=1S/C12H10N4O3S/c1-8(17)14-11-6-7-12(20(18,19)16-15-13)10-5-3-2-4-9(10)11/h2-7H,1H3,(H,14,17). The molecule has 7 nitrogen and oxygen atoms in total. The first kappa shape index (κ1) is 13.9. The molecule has 2 aromatic carbocycles. The van der Waals surface area contributed by atoms with Crippen LogP contribution in [0.15, 0.2) is 45.8 Å². The summed E-state index contributed by atoms with van der Waals surface area (Å²) < 4.78 is 26.6. The molecule has 0 bridgehead atoms. The van der Waals surface area contributed by atoms with Gasteiger partial charge in [0.25, 0.3) is 10.0 Å². The smallest absolute Gasteiger partial charge is 0.264 e. The minimum absolute atomic E-state index is 0.0972. The Balaban J connectivity index is 2.79. The molecule has 102 valence electrons. The molecule has 0 aliphatic rings. The van der Waals surface area contributed by atoms with Gasteiger partial charge in [0.2, 0.25) is 5.91 Å². The summed E-state index contributed by atoms with van der Waals surface area (Å²) in [6.45, 7) is 1.36. The Morgan fingerprint density at radius 2 is 1.85 bits per heavy atom. The number of carbonyl (C=O) groups excluding carboxylic acids is 1. The van der Waals surface area contributed by atoms with Gasteiger partial charge in [-0.25, -0.2) is 8.42 Å². The maximum Gasteiger partial charge on any atom is 0.264 e. The molecule has 0 aliphatic carbocycles. The summed E-state index contributed by atoms with van der Waals surface area (Å²) in [7, 11) is -4.09. The van der Waals surface area contributed by atoms with Crippen LogP contribution in [-0.2, 0) is 14.8 Å². The lowest BCUT2D eigenvalue weighted by Gasteiger charge is -2.10. The Hall–Kier alpha value is -2.57. The third-order valence-electron chi connectivity index (χ3n) is 2.62. The van der Waals surface area contributed by atoms with Crippen molar-refractivity contribution >= 4 is 32.4 Å². The van der Waals surface area contributed by atoms with E-state index in [1.807, 2.05) is 0 Å². The Labute approximate surface area is 114 Å². The van der Waals surface area contributed by atoms with E-state index in [2.05, 4.69) is 14.7 Å². The quantitative estimate of drug-likeness (QED) is 0.532. The minimum Gasteiger partial charge on any atom is -0.326 e. The largest absolute Gasteiger partial charge is 0.326 e. The molecule has 0 aromatic heterocycles. The number of nitrogens with one attached hydrogen (secondary N) is 1. The van der Waals surface area contributed by atoms with E-state index < -0.39 is 10.0 Å². The van der Waals surface area contributed by atoms with Crippen molar-refractivity contribution in [3.63, 3.8) is 0 Å². The highest BCUT2D eigenvalue weighted by molar-refractivity contribution is 7.90. The summed E-state index contributed by atoms with van der Waals surface area (Å²) in [5, 5.41) is 3.55. The van der Waals surface area contributed by atoms with Gasteiger partial charge in [0.15, 0.2) is 0 Å². The monoisotopic (exact) mass is 290 g/mol. The average molecular weight is 290 g/mol. The Kier molecular flexibility index (Phi) is 3.60. The molecule has 2 aromatic rings. The van der Waals surface area contributed by atoms with Gasteiger partial charge in [0.05, 0.1) is 4.90 Å². The molecule has 0 unspecified atom stereocenters. The molecule has 2 rings (SSSR count). The molecule has 0 atom stereocenters. The number of hydrogen-bond donors (Lipinski definition) is 1. The summed E-state index contributed by atoms with van der Waals surface area (Å²) in [4.78, 5) is 13.4. The molecule has 0 saturated carbocycles. The van der Waals surface area contributed by atoms with Crippen LogP contribution in [0.2, 0.25) is 0 Å². The summed E-state index contributed by atoms with van der Waals surface area (Å²) >= 11 is 0. The van der Waals surface area contributed by atoms with E-state index in [-0.39, 0.29) is 10.8 Å². The molecule has 0 radical (unpaired) electrons. The van der Waals surface area contributed by atoms with Gasteiger partial charge in [-0.3, -0.25) is 4.79 Å². The molecule has 1 N–H and O–H groups in total. The van der Waals surface area contributed by atoms with E-state index in [9.17, 15) is 13.2 Å². The SMILES string of the molecule is CC(=O)Nc1ccc(S(=O)(=O)N=[N+]=[N-])c2ccccc12. The Morgan fingerprint density at radius 3 is 2.45 bits per heavy atom. The average Bonchev–Trinajstić information content (AvgIpc) is 2.38. The number of nitrogens with zero attached hydrogens (tertiary/aromatic N) is 3. The van der Waals surface area contributed by atoms with E-state index in [0.717, 1.165) is 0 Å². The van der Waals surface area contributed by atoms with Crippen LogP contribution >= 0.6 is 0 Å². The van der Waals surface area contributed by atoms with Crippen molar-refractivity contribution in [3.8, 4) is 0 Å². The number of anilines is 1. The number of sulfonamides is 1. The third kappa shape index (κ3) is 2.56. The normalized spacial score (nSPS) is 10.8. The highest BCUT2D eigenvalue weighted by Gasteiger charge is 2.17. The van der Waals surface area contributed by atoms with Crippen molar-refractivity contribution < 1.29 is 13.2 Å². The van der Waals surface area contributed by atoms with Crippen LogP contribution in [0, 0.1) is 0 Å². The van der Waals surface area contributed by atoms with E-state index in [1.54, 1.807) is 24.3 Å². The molecule has 0 spiro atoms. The van der Waals surface area contributed by atoms with Gasteiger partial charge in [-0.15, -0.1) is 0 Å². The number of fused-ring (bicyclic) bond motifs is 1. The van der Waals surface area contributed by atoms with Gasteiger partial charge in [-0.1, -0.05) is 24.3 Å². The number of amides is 1. The first-order valence-electron chi connectivity index (χ1n) is 5.56. The van der Waals surface area contributed by atoms with E-state index in [0.29, 0.717) is 16.5 Å². The number of rotatable bonds is 3. The highest BCUT2D eigenvalue weighted by atomic mass is 32.2. The summed E-state index contributed by atoms with van der Waals surface area (Å²) in [5.74, 6) is -0.263. The second-order valence-corrected chi connectivity index (χ2v) is 5.54. The van der Waals surface area contributed by atoms with Crippen LogP contribution in [0.1, 0.15) is 6.92 Å². The van der Waals surface area contributed by atoms with Gasteiger partial charge < -0.3 is 5.32 Å². The highest BCUT2D eigenvalue weighted by Crippen LogP contribution is 2.30. The van der Waals surface area contributed by atoms with Crippen LogP contribution in [0.25, 0.3) is 21.2 Å². The van der Waals surface area contributed by atoms with Crippen molar-refractivity contribution in [1.82, 2.24) is 0 Å². The molecule has 0 aliphatic heterocycles. The zero-order valence-corrected chi connectivity index (χ0v) is 11.3. The second kappa shape index (κ2) is 5.20. The first-order chi connectivity index (χ1) is 9.45. The summed E-state index contributed by atoms with van der Waals surface area (Å²) in [5.41, 5.74) is 8.82. The molecule has 0 heterocycles. The van der Waals surface area contributed by atoms with Crippen LogP contribution in [0.4, 0.5) is 5.69 Å². The zero-order valence-electron chi connectivity index (χ0n) is 10.4. The van der Waals surface area contributed by atoms with Crippen LogP contribution in [-0.4, -0.2) is 14.3 Å². The second-order valence-electron chi connectivity index (χ2n) is 3.98. The number of azide groups is 1. The number of carbonyl (C=O) groups is 1. The lowest BCUT2D eigenvalue weighted by Crippen LogP contribution is -2.07. The van der Waals surface area contributed by atoms with Gasteiger partial charge >= 0.3 is 0 Å². The number of hydrogen-bond acceptors (Lipinski definition) is 3. The van der Waals surface area contributed by atoms with Crippen molar-refractivity contribution in [2.24, 2.45) is 4.52 Å². The van der Waals surface area contributed by atoms with Crippen molar-refractivity contribution in [2.45, 2.75) is 11.8 Å². The van der Waals surface area contributed by atoms with E-state index >= 15 is 0 Å². The van der Waals surface area contributed by atoms with Gasteiger partial charge in [-0.2, -0.15) is 0 Å². The van der Waals surface area contributed by atoms with Crippen LogP contribution < -0.4 is 5.32 Å². The lowest BCUT2D eigenvalue weighted by atomic mass is 10.1. The van der Waals surface area contributed by atoms with Crippen LogP contribution in [0.5, 0.6) is 0 Å². The molecule has 8 heteroatoms. The summed E-state index contributed by atoms with van der Waals surface area (Å²) in [6, 6.07) is 9.41. The lowest BCUT2D eigenvalue weighted by molar-refractivity contribution is -0.114. The molecular weight excluding hydrogens is 280 g/mol. The molecule has 0 fully saturated rings. The molecule has 1 amide bonds. The Morgan fingerprint density at radius 1 is 1.20 bits per heavy atom. The fraction of sp³-hybridized carbons (Fsp3) is 0.0833. The molecule has 0 saturated heterocycles. The maximum atomic E-state index is 11.9. The van der Waals surface area contributed by atoms with E-state index in [4.69, 9.17) is 5.53 Å². The zero-order chi connectivity index (χ0) is 14.8. The fourth-order valence-electron chi connectivity index (χ4n) is 1.89. The van der Waals surface area contributed by atoms with Gasteiger partial charge in [-0.05, 0) is 17.7 Å². The molecular formula is C12H10N4O3S. The topological polar surface area (TPSA) is 112 Å². The number of benzene rings is 2. The fourth-order valence-corrected chi connectivity index (χ4v) is 2.77. The van der Waals surface area contributed by atoms with Gasteiger partial charge in [0, 0.05) is 32.8 Å². The van der Waals surface area contributed by atoms with Crippen molar-refractivity contribution in [3.05, 3.63) is 46.8 Å².